The molecule has 0 spiro atoms. The van der Waals surface area contributed by atoms with Crippen molar-refractivity contribution >= 4 is 11.8 Å². The van der Waals surface area contributed by atoms with Crippen molar-refractivity contribution in [1.29, 1.82) is 0 Å². The maximum atomic E-state index is 4.57. The molecule has 0 amide bonds. The van der Waals surface area contributed by atoms with E-state index in [2.05, 4.69) is 51.0 Å². The Balaban J connectivity index is 2.51. The third kappa shape index (κ3) is 5.87. The maximum absolute atomic E-state index is 4.57. The molecule has 0 aliphatic rings. The molecule has 0 aliphatic heterocycles. The highest BCUT2D eigenvalue weighted by atomic mass is 32.2. The number of nitrogens with one attached hydrogen (secondary N) is 1. The number of hydrogen-bond acceptors (Lipinski definition) is 3. The van der Waals surface area contributed by atoms with Crippen LogP contribution in [0, 0.1) is 18.8 Å². The number of nitrogens with zero attached hydrogens (tertiary/aromatic N) is 1. The number of thioether (sulfide) groups is 1. The van der Waals surface area contributed by atoms with Crippen molar-refractivity contribution in [1.82, 2.24) is 10.3 Å². The topological polar surface area (TPSA) is 24.9 Å². The van der Waals surface area contributed by atoms with Crippen LogP contribution in [0.3, 0.4) is 0 Å². The Morgan fingerprint density at radius 3 is 2.50 bits per heavy atom. The number of rotatable bonds is 7. The van der Waals surface area contributed by atoms with Crippen molar-refractivity contribution in [3.8, 4) is 0 Å². The van der Waals surface area contributed by atoms with Crippen LogP contribution < -0.4 is 5.32 Å². The van der Waals surface area contributed by atoms with E-state index in [-0.39, 0.29) is 0 Å². The van der Waals surface area contributed by atoms with Crippen molar-refractivity contribution in [2.75, 3.05) is 12.3 Å². The van der Waals surface area contributed by atoms with Gasteiger partial charge < -0.3 is 5.32 Å². The average Bonchev–Trinajstić information content (AvgIpc) is 2.27. The van der Waals surface area contributed by atoms with Crippen LogP contribution in [0.4, 0.5) is 0 Å². The quantitative estimate of drug-likeness (QED) is 0.758. The molecule has 2 nitrogen and oxygen atoms in total. The van der Waals surface area contributed by atoms with Crippen LogP contribution in [0.15, 0.2) is 17.3 Å². The van der Waals surface area contributed by atoms with Crippen LogP contribution in [0.1, 0.15) is 38.8 Å². The number of aryl methyl sites for hydroxylation is 1. The lowest BCUT2D eigenvalue weighted by atomic mass is 10.2. The van der Waals surface area contributed by atoms with Gasteiger partial charge in [0.15, 0.2) is 0 Å². The van der Waals surface area contributed by atoms with Crippen LogP contribution >= 0.6 is 11.8 Å². The van der Waals surface area contributed by atoms with Gasteiger partial charge >= 0.3 is 0 Å². The van der Waals surface area contributed by atoms with Gasteiger partial charge in [0, 0.05) is 18.5 Å². The Labute approximate surface area is 116 Å². The molecule has 0 bridgehead atoms. The van der Waals surface area contributed by atoms with Gasteiger partial charge in [-0.1, -0.05) is 33.8 Å². The monoisotopic (exact) mass is 266 g/mol. The first-order valence-electron chi connectivity index (χ1n) is 6.78. The van der Waals surface area contributed by atoms with Gasteiger partial charge in [-0.25, -0.2) is 4.98 Å². The van der Waals surface area contributed by atoms with E-state index in [1.54, 1.807) is 0 Å². The smallest absolute Gasteiger partial charge is 0.0989 e. The molecular formula is C15H26N2S. The zero-order valence-electron chi connectivity index (χ0n) is 12.3. The lowest BCUT2D eigenvalue weighted by molar-refractivity contribution is 0.551. The third-order valence-electron chi connectivity index (χ3n) is 2.52. The van der Waals surface area contributed by atoms with Crippen LogP contribution in [0.5, 0.6) is 0 Å². The van der Waals surface area contributed by atoms with Gasteiger partial charge in [-0.05, 0) is 36.4 Å². The minimum Gasteiger partial charge on any atom is -0.312 e. The summed E-state index contributed by atoms with van der Waals surface area (Å²) in [5.41, 5.74) is 2.58. The van der Waals surface area contributed by atoms with Crippen molar-refractivity contribution in [3.05, 3.63) is 23.4 Å². The second kappa shape index (κ2) is 7.80. The molecule has 0 radical (unpaired) electrons. The van der Waals surface area contributed by atoms with Crippen molar-refractivity contribution in [3.63, 3.8) is 0 Å². The second-order valence-electron chi connectivity index (χ2n) is 5.70. The van der Waals surface area contributed by atoms with E-state index in [0.29, 0.717) is 11.8 Å². The van der Waals surface area contributed by atoms with Gasteiger partial charge in [0.05, 0.1) is 5.03 Å². The Bertz CT molecular complexity index is 362. The molecule has 1 rings (SSSR count). The minimum absolute atomic E-state index is 0.694. The van der Waals surface area contributed by atoms with Crippen molar-refractivity contribution in [2.24, 2.45) is 11.8 Å². The van der Waals surface area contributed by atoms with Gasteiger partial charge in [0.2, 0.25) is 0 Å². The molecule has 0 aliphatic carbocycles. The van der Waals surface area contributed by atoms with Gasteiger partial charge in [-0.15, -0.1) is 11.8 Å². The molecule has 18 heavy (non-hydrogen) atoms. The second-order valence-corrected chi connectivity index (χ2v) is 6.70. The fraction of sp³-hybridized carbons (Fsp3) is 0.667. The summed E-state index contributed by atoms with van der Waals surface area (Å²) < 4.78 is 0. The zero-order chi connectivity index (χ0) is 13.5. The lowest BCUT2D eigenvalue weighted by Gasteiger charge is -2.10. The summed E-state index contributed by atoms with van der Waals surface area (Å²) in [6, 6.07) is 2.25. The Morgan fingerprint density at radius 2 is 1.94 bits per heavy atom. The summed E-state index contributed by atoms with van der Waals surface area (Å²) >= 11 is 1.86. The molecule has 1 N–H and O–H groups in total. The van der Waals surface area contributed by atoms with Gasteiger partial charge in [-0.2, -0.15) is 0 Å². The summed E-state index contributed by atoms with van der Waals surface area (Å²) in [7, 11) is 0. The zero-order valence-corrected chi connectivity index (χ0v) is 13.1. The molecule has 0 saturated heterocycles. The first-order chi connectivity index (χ1) is 8.49. The molecule has 0 unspecified atom stereocenters. The van der Waals surface area contributed by atoms with Crippen molar-refractivity contribution < 1.29 is 0 Å². The van der Waals surface area contributed by atoms with Crippen LogP contribution in [0.2, 0.25) is 0 Å². The molecular weight excluding hydrogens is 240 g/mol. The SMILES string of the molecule is Cc1cc(CNCC(C)C)cnc1SCC(C)C. The molecule has 1 heterocycles. The normalized spacial score (nSPS) is 11.5. The first-order valence-corrected chi connectivity index (χ1v) is 7.76. The van der Waals surface area contributed by atoms with Gasteiger partial charge in [-0.3, -0.25) is 0 Å². The van der Waals surface area contributed by atoms with Crippen molar-refractivity contribution in [2.45, 2.75) is 46.2 Å². The molecule has 0 atom stereocenters. The van der Waals surface area contributed by atoms with Crippen LogP contribution in [-0.2, 0) is 6.54 Å². The Hall–Kier alpha value is -0.540. The molecule has 0 aromatic carbocycles. The first kappa shape index (κ1) is 15.5. The summed E-state index contributed by atoms with van der Waals surface area (Å²) in [5, 5.41) is 4.63. The summed E-state index contributed by atoms with van der Waals surface area (Å²) in [6.07, 6.45) is 2.00. The van der Waals surface area contributed by atoms with E-state index < -0.39 is 0 Å². The molecule has 0 saturated carbocycles. The van der Waals surface area contributed by atoms with Gasteiger partial charge in [0.1, 0.15) is 0 Å². The summed E-state index contributed by atoms with van der Waals surface area (Å²) in [5.74, 6) is 2.54. The van der Waals surface area contributed by atoms with Gasteiger partial charge in [0.25, 0.3) is 0 Å². The highest BCUT2D eigenvalue weighted by Crippen LogP contribution is 2.22. The van der Waals surface area contributed by atoms with E-state index >= 15 is 0 Å². The largest absolute Gasteiger partial charge is 0.312 e. The Kier molecular flexibility index (Phi) is 6.72. The molecule has 102 valence electrons. The van der Waals surface area contributed by atoms with Crippen LogP contribution in [-0.4, -0.2) is 17.3 Å². The minimum atomic E-state index is 0.694. The highest BCUT2D eigenvalue weighted by Gasteiger charge is 2.04. The number of hydrogen-bond donors (Lipinski definition) is 1. The maximum Gasteiger partial charge on any atom is 0.0989 e. The van der Waals surface area contributed by atoms with E-state index in [0.717, 1.165) is 18.8 Å². The Morgan fingerprint density at radius 1 is 1.22 bits per heavy atom. The average molecular weight is 266 g/mol. The summed E-state index contributed by atoms with van der Waals surface area (Å²) in [6.45, 7) is 13.1. The predicted octanol–water partition coefficient (Wildman–Crippen LogP) is 3.88. The highest BCUT2D eigenvalue weighted by molar-refractivity contribution is 7.99. The third-order valence-corrected chi connectivity index (χ3v) is 4.06. The molecule has 1 aromatic heterocycles. The van der Waals surface area contributed by atoms with Crippen LogP contribution in [0.25, 0.3) is 0 Å². The molecule has 1 aromatic rings. The fourth-order valence-corrected chi connectivity index (χ4v) is 2.52. The standard InChI is InChI=1S/C15H26N2S/c1-11(2)7-16-8-14-6-13(5)15(17-9-14)18-10-12(3)4/h6,9,11-12,16H,7-8,10H2,1-5H3. The summed E-state index contributed by atoms with van der Waals surface area (Å²) in [4.78, 5) is 4.57. The molecule has 3 heteroatoms. The number of aromatic nitrogens is 1. The van der Waals surface area contributed by atoms with E-state index in [1.807, 2.05) is 18.0 Å². The van der Waals surface area contributed by atoms with E-state index in [4.69, 9.17) is 0 Å². The lowest BCUT2D eigenvalue weighted by Crippen LogP contribution is -2.19. The number of pyridine rings is 1. The van der Waals surface area contributed by atoms with E-state index in [1.165, 1.54) is 16.2 Å². The predicted molar refractivity (Wildman–Crippen MR) is 81.1 cm³/mol. The molecule has 0 fully saturated rings. The fourth-order valence-electron chi connectivity index (χ4n) is 1.62. The van der Waals surface area contributed by atoms with E-state index in [9.17, 15) is 0 Å².